The number of allylic oxidation sites excluding steroid dienone is 8. The number of ether oxygens (including phenoxy) is 4. The Balaban J connectivity index is 0.000000832. The van der Waals surface area contributed by atoms with Gasteiger partial charge in [-0.1, -0.05) is 139 Å². The molecular weight excluding hydrogens is 1050 g/mol. The number of rotatable bonds is 26. The lowest BCUT2D eigenvalue weighted by atomic mass is 9.86. The predicted octanol–water partition coefficient (Wildman–Crippen LogP) is 11.1. The number of amides is 5. The van der Waals surface area contributed by atoms with Gasteiger partial charge in [0, 0.05) is 66.9 Å². The minimum Gasteiger partial charge on any atom is -0.458 e. The highest BCUT2D eigenvalue weighted by Crippen LogP contribution is 2.25. The van der Waals surface area contributed by atoms with Crippen molar-refractivity contribution in [2.24, 2.45) is 22.7 Å². The van der Waals surface area contributed by atoms with Crippen molar-refractivity contribution in [2.45, 2.75) is 212 Å². The topological polar surface area (TPSA) is 217 Å². The Labute approximate surface area is 496 Å². The van der Waals surface area contributed by atoms with Crippen LogP contribution >= 0.6 is 0 Å². The molecule has 2 aliphatic heterocycles. The maximum Gasteiger partial charge on any atom is 0.407 e. The molecule has 0 aromatic carbocycles. The highest BCUT2D eigenvalue weighted by Gasteiger charge is 2.33. The fourth-order valence-corrected chi connectivity index (χ4v) is 8.06. The van der Waals surface area contributed by atoms with Crippen molar-refractivity contribution < 1.29 is 52.5 Å². The standard InChI is InChI=1S/C34H49N3O6.C33H48N2O5/c1-10-11-16-27(36-33(41)42-23(2)3)17-14-21-35-31(39)30(34(7,8)9)37-29(38)18-13-12-15-24(4)22-26(6)28-20-19-25(5)32(40)43-28;1-10-11-16-27(39-23(2)3)17-14-21-34-31(37)30(33(7,8)9)35-29(36)18-13-12-15-24(4)22-26(6)28-20-19-25(5)32(38)40-28/h12-15,18-19,21-23,26-28,30H,16-17,20H2,1-9H3,(H,35,39)(H,36,41)(H,37,38);12-15,18-19,21-23,26-28,30H,16-17,20H2,1-9H3,(H,34,37)(H,35,36)/b2*15-12-,18-13-,21-14-,24-22+/t2*26-,27-,28-,30+/m00/s1. The van der Waals surface area contributed by atoms with Crippen LogP contribution in [0.5, 0.6) is 0 Å². The van der Waals surface area contributed by atoms with Crippen LogP contribution in [0.4, 0.5) is 4.79 Å². The zero-order chi connectivity index (χ0) is 62.9. The molecule has 8 atom stereocenters. The van der Waals surface area contributed by atoms with Gasteiger partial charge in [0.25, 0.3) is 0 Å². The van der Waals surface area contributed by atoms with Crippen LogP contribution < -0.4 is 26.6 Å². The quantitative estimate of drug-likeness (QED) is 0.0180. The average molecular weight is 1150 g/mol. The van der Waals surface area contributed by atoms with Gasteiger partial charge in [0.15, 0.2) is 0 Å². The Kier molecular flexibility index (Phi) is 34.0. The van der Waals surface area contributed by atoms with E-state index >= 15 is 0 Å². The fraction of sp³-hybridized carbons (Fsp3) is 0.537. The molecule has 456 valence electrons. The second-order valence-electron chi connectivity index (χ2n) is 23.4. The molecule has 2 aliphatic rings. The average Bonchev–Trinajstić information content (AvgIpc) is 3.42. The Bertz CT molecular complexity index is 2620. The minimum absolute atomic E-state index is 0.0406. The lowest BCUT2D eigenvalue weighted by Gasteiger charge is -2.29. The number of hydrogen-bond acceptors (Lipinski definition) is 11. The van der Waals surface area contributed by atoms with E-state index in [1.54, 1.807) is 78.1 Å². The SMILES string of the molecule is CC#CC[C@@H](C/C=C\NC(=O)[C@@H](NC(=O)\C=C/C=C\C(C)=C\[C@H](C)[C@@H]1CC=C(C)C(=O)O1)C(C)(C)C)NC(=O)OC(C)C.CC#CC[C@@H](C/C=C\NC(=O)[C@@H](NC(=O)\C=C/C=C\C(C)=C\[C@H](C)[C@@H]1CC=C(C)C(=O)O1)C(C)(C)C)OC(C)C. The van der Waals surface area contributed by atoms with E-state index in [9.17, 15) is 33.6 Å². The molecule has 0 aromatic rings. The molecule has 83 heavy (non-hydrogen) atoms. The maximum absolute atomic E-state index is 13.0. The van der Waals surface area contributed by atoms with E-state index in [-0.39, 0.29) is 78.1 Å². The van der Waals surface area contributed by atoms with Crippen molar-refractivity contribution in [1.29, 1.82) is 0 Å². The van der Waals surface area contributed by atoms with Gasteiger partial charge in [-0.2, -0.15) is 0 Å². The molecule has 16 heteroatoms. The first kappa shape index (κ1) is 73.6. The summed E-state index contributed by atoms with van der Waals surface area (Å²) >= 11 is 0. The summed E-state index contributed by atoms with van der Waals surface area (Å²) in [5, 5.41) is 13.9. The Morgan fingerprint density at radius 3 is 1.41 bits per heavy atom. The van der Waals surface area contributed by atoms with Crippen LogP contribution in [0.25, 0.3) is 0 Å². The van der Waals surface area contributed by atoms with Gasteiger partial charge in [0.1, 0.15) is 24.3 Å². The molecule has 0 bridgehead atoms. The zero-order valence-electron chi connectivity index (χ0n) is 52.7. The molecule has 0 spiro atoms. The second-order valence-corrected chi connectivity index (χ2v) is 23.4. The molecule has 16 nitrogen and oxygen atoms in total. The van der Waals surface area contributed by atoms with Crippen LogP contribution in [0.1, 0.15) is 163 Å². The highest BCUT2D eigenvalue weighted by molar-refractivity contribution is 5.94. The zero-order valence-corrected chi connectivity index (χ0v) is 52.7. The Morgan fingerprint density at radius 2 is 1.02 bits per heavy atom. The first-order valence-electron chi connectivity index (χ1n) is 28.6. The summed E-state index contributed by atoms with van der Waals surface area (Å²) in [5.74, 6) is 9.82. The van der Waals surface area contributed by atoms with Crippen molar-refractivity contribution in [3.8, 4) is 23.7 Å². The van der Waals surface area contributed by atoms with Gasteiger partial charge in [-0.3, -0.25) is 19.2 Å². The van der Waals surface area contributed by atoms with Crippen LogP contribution in [0.2, 0.25) is 0 Å². The van der Waals surface area contributed by atoms with Gasteiger partial charge < -0.3 is 45.5 Å². The number of nitrogens with one attached hydrogen (secondary N) is 5. The summed E-state index contributed by atoms with van der Waals surface area (Å²) in [6, 6.07) is -1.81. The Morgan fingerprint density at radius 1 is 0.614 bits per heavy atom. The normalized spacial score (nSPS) is 18.4. The van der Waals surface area contributed by atoms with Crippen LogP contribution in [0.15, 0.2) is 120 Å². The van der Waals surface area contributed by atoms with Crippen LogP contribution in [0.3, 0.4) is 0 Å². The third-order valence-corrected chi connectivity index (χ3v) is 12.6. The molecule has 0 fully saturated rings. The molecule has 0 saturated carbocycles. The van der Waals surface area contributed by atoms with Crippen molar-refractivity contribution in [3.63, 3.8) is 0 Å². The molecule has 0 aromatic heterocycles. The third-order valence-electron chi connectivity index (χ3n) is 12.6. The largest absolute Gasteiger partial charge is 0.458 e. The first-order chi connectivity index (χ1) is 38.9. The highest BCUT2D eigenvalue weighted by atomic mass is 16.6. The second kappa shape index (κ2) is 38.4. The molecule has 5 amide bonds. The molecule has 0 aliphatic carbocycles. The lowest BCUT2D eigenvalue weighted by molar-refractivity contribution is -0.148. The molecule has 5 N–H and O–H groups in total. The summed E-state index contributed by atoms with van der Waals surface area (Å²) in [6.07, 6.45) is 30.2. The molecule has 2 rings (SSSR count). The molecule has 0 radical (unpaired) electrons. The van der Waals surface area contributed by atoms with Gasteiger partial charge in [-0.25, -0.2) is 14.4 Å². The van der Waals surface area contributed by atoms with E-state index in [0.717, 1.165) is 11.1 Å². The smallest absolute Gasteiger partial charge is 0.407 e. The number of hydrogen-bond donors (Lipinski definition) is 5. The summed E-state index contributed by atoms with van der Waals surface area (Å²) in [5.41, 5.74) is 2.19. The van der Waals surface area contributed by atoms with Gasteiger partial charge in [-0.15, -0.1) is 23.7 Å². The van der Waals surface area contributed by atoms with E-state index in [1.807, 2.05) is 126 Å². The summed E-state index contributed by atoms with van der Waals surface area (Å²) < 4.78 is 22.0. The number of cyclic esters (lactones) is 2. The summed E-state index contributed by atoms with van der Waals surface area (Å²) in [6.45, 7) is 33.7. The van der Waals surface area contributed by atoms with E-state index in [0.29, 0.717) is 49.7 Å². The fourth-order valence-electron chi connectivity index (χ4n) is 8.06. The minimum atomic E-state index is -0.794. The van der Waals surface area contributed by atoms with E-state index in [4.69, 9.17) is 18.9 Å². The van der Waals surface area contributed by atoms with Gasteiger partial charge in [-0.05, 0) is 105 Å². The lowest BCUT2D eigenvalue weighted by Crippen LogP contribution is -2.52. The van der Waals surface area contributed by atoms with E-state index in [2.05, 4.69) is 50.3 Å². The van der Waals surface area contributed by atoms with E-state index < -0.39 is 34.9 Å². The molecule has 0 saturated heterocycles. The number of esters is 2. The number of carbonyl (C=O) groups is 7. The monoisotopic (exact) mass is 1150 g/mol. The number of carbonyl (C=O) groups excluding carboxylic acids is 7. The Hall–Kier alpha value is -7.43. The van der Waals surface area contributed by atoms with Gasteiger partial charge in [0.05, 0.1) is 18.3 Å². The van der Waals surface area contributed by atoms with Gasteiger partial charge >= 0.3 is 18.0 Å². The van der Waals surface area contributed by atoms with Crippen molar-refractivity contribution in [1.82, 2.24) is 26.6 Å². The maximum atomic E-state index is 13.0. The molecule has 2 heterocycles. The first-order valence-corrected chi connectivity index (χ1v) is 28.6. The van der Waals surface area contributed by atoms with Gasteiger partial charge in [0.2, 0.25) is 23.6 Å². The van der Waals surface area contributed by atoms with Crippen LogP contribution in [-0.2, 0) is 47.7 Å². The van der Waals surface area contributed by atoms with Crippen molar-refractivity contribution in [3.05, 3.63) is 120 Å². The summed E-state index contributed by atoms with van der Waals surface area (Å²) in [4.78, 5) is 86.7. The molecular formula is C67H97N5O11. The van der Waals surface area contributed by atoms with E-state index in [1.165, 1.54) is 18.4 Å². The molecule has 0 unspecified atom stereocenters. The van der Waals surface area contributed by atoms with Crippen molar-refractivity contribution in [2.75, 3.05) is 0 Å². The predicted molar refractivity (Wildman–Crippen MR) is 330 cm³/mol. The third kappa shape index (κ3) is 32.1. The number of alkyl carbamates (subject to hydrolysis) is 1. The van der Waals surface area contributed by atoms with Crippen LogP contribution in [-0.4, -0.2) is 90.3 Å². The van der Waals surface area contributed by atoms with Crippen LogP contribution in [0, 0.1) is 46.3 Å². The summed E-state index contributed by atoms with van der Waals surface area (Å²) in [7, 11) is 0. The van der Waals surface area contributed by atoms with Crippen molar-refractivity contribution >= 4 is 41.7 Å².